The van der Waals surface area contributed by atoms with E-state index in [1.807, 2.05) is 17.0 Å². The smallest absolute Gasteiger partial charge is 0.246 e. The minimum absolute atomic E-state index is 0.0949. The monoisotopic (exact) mass is 516 g/mol. The van der Waals surface area contributed by atoms with E-state index >= 15 is 0 Å². The van der Waals surface area contributed by atoms with Gasteiger partial charge in [0.1, 0.15) is 5.75 Å². The molecule has 1 saturated heterocycles. The summed E-state index contributed by atoms with van der Waals surface area (Å²) >= 11 is 0. The normalized spacial score (nSPS) is 14.7. The van der Waals surface area contributed by atoms with E-state index in [-0.39, 0.29) is 5.91 Å². The van der Waals surface area contributed by atoms with Gasteiger partial charge in [-0.2, -0.15) is 0 Å². The first-order valence-electron chi connectivity index (χ1n) is 14.2. The molecule has 3 aromatic rings. The highest BCUT2D eigenvalue weighted by Gasteiger charge is 2.20. The quantitative estimate of drug-likeness (QED) is 0.315. The minimum atomic E-state index is 0.0949. The third-order valence-corrected chi connectivity index (χ3v) is 7.97. The van der Waals surface area contributed by atoms with Gasteiger partial charge in [-0.25, -0.2) is 0 Å². The molecule has 204 valence electrons. The fourth-order valence-corrected chi connectivity index (χ4v) is 5.49. The maximum Gasteiger partial charge on any atom is 0.246 e. The van der Waals surface area contributed by atoms with Crippen LogP contribution in [0, 0.1) is 6.92 Å². The third-order valence-electron chi connectivity index (χ3n) is 7.97. The van der Waals surface area contributed by atoms with Gasteiger partial charge in [-0.3, -0.25) is 9.69 Å². The van der Waals surface area contributed by atoms with E-state index < -0.39 is 0 Å². The van der Waals surface area contributed by atoms with Gasteiger partial charge in [-0.05, 0) is 69.2 Å². The molecule has 2 heterocycles. The van der Waals surface area contributed by atoms with Gasteiger partial charge in [-0.1, -0.05) is 44.2 Å². The molecule has 1 aliphatic rings. The van der Waals surface area contributed by atoms with Crippen molar-refractivity contribution < 1.29 is 9.53 Å². The van der Waals surface area contributed by atoms with Crippen LogP contribution < -0.4 is 4.74 Å². The summed E-state index contributed by atoms with van der Waals surface area (Å²) in [6, 6.07) is 16.9. The average molecular weight is 517 g/mol. The zero-order chi connectivity index (χ0) is 26.9. The summed E-state index contributed by atoms with van der Waals surface area (Å²) in [5.74, 6) is 0.933. The van der Waals surface area contributed by atoms with Crippen LogP contribution in [0.4, 0.5) is 0 Å². The molecule has 0 N–H and O–H groups in total. The van der Waals surface area contributed by atoms with Crippen LogP contribution in [0.3, 0.4) is 0 Å². The Kier molecular flexibility index (Phi) is 10.0. The molecule has 4 rings (SSSR count). The summed E-state index contributed by atoms with van der Waals surface area (Å²) in [6.07, 6.45) is 5.93. The van der Waals surface area contributed by atoms with E-state index in [9.17, 15) is 4.79 Å². The molecule has 1 aromatic heterocycles. The largest absolute Gasteiger partial charge is 0.497 e. The highest BCUT2D eigenvalue weighted by Crippen LogP contribution is 2.31. The van der Waals surface area contributed by atoms with Crippen LogP contribution >= 0.6 is 0 Å². The fourth-order valence-electron chi connectivity index (χ4n) is 5.49. The van der Waals surface area contributed by atoms with Gasteiger partial charge in [-0.15, -0.1) is 0 Å². The second kappa shape index (κ2) is 13.6. The molecule has 0 atom stereocenters. The number of fused-ring (bicyclic) bond motifs is 1. The Hall–Kier alpha value is -3.09. The van der Waals surface area contributed by atoms with E-state index in [1.165, 1.54) is 16.8 Å². The van der Waals surface area contributed by atoms with Crippen LogP contribution in [-0.2, 0) is 17.8 Å². The molecule has 0 aliphatic carbocycles. The van der Waals surface area contributed by atoms with Crippen molar-refractivity contribution >= 4 is 22.9 Å². The number of carbonyl (C=O) groups excluding carboxylic acids is 1. The summed E-state index contributed by atoms with van der Waals surface area (Å²) in [5, 5.41) is 1.14. The topological polar surface area (TPSA) is 41.0 Å². The van der Waals surface area contributed by atoms with E-state index in [1.54, 1.807) is 13.2 Å². The van der Waals surface area contributed by atoms with E-state index in [0.717, 1.165) is 88.4 Å². The average Bonchev–Trinajstić information content (AvgIpc) is 3.23. The number of carbonyl (C=O) groups is 1. The van der Waals surface area contributed by atoms with Crippen molar-refractivity contribution in [3.05, 3.63) is 71.4 Å². The maximum atomic E-state index is 13.1. The van der Waals surface area contributed by atoms with Gasteiger partial charge in [0, 0.05) is 67.5 Å². The summed E-state index contributed by atoms with van der Waals surface area (Å²) in [5.41, 5.74) is 4.87. The molecule has 6 heteroatoms. The molecule has 0 unspecified atom stereocenters. The Bertz CT molecular complexity index is 1210. The lowest BCUT2D eigenvalue weighted by Crippen LogP contribution is -2.48. The summed E-state index contributed by atoms with van der Waals surface area (Å²) in [4.78, 5) is 20.0. The van der Waals surface area contributed by atoms with Gasteiger partial charge in [0.05, 0.1) is 7.11 Å². The van der Waals surface area contributed by atoms with Gasteiger partial charge >= 0.3 is 0 Å². The molecule has 0 radical (unpaired) electrons. The first-order valence-corrected chi connectivity index (χ1v) is 14.2. The number of benzene rings is 2. The van der Waals surface area contributed by atoms with Crippen molar-refractivity contribution in [2.45, 2.75) is 40.2 Å². The number of piperazine rings is 1. The molecule has 1 aliphatic heterocycles. The van der Waals surface area contributed by atoms with Crippen LogP contribution in [0.1, 0.15) is 37.1 Å². The zero-order valence-corrected chi connectivity index (χ0v) is 23.7. The standard InChI is InChI=1S/C32H44N4O2/c1-5-33(6-2)18-10-19-36-26(3)29(30-25-28(38-4)13-15-31(30)36)14-16-32(37)35-23-21-34(22-24-35)20-17-27-11-8-7-9-12-27/h7-9,11-16,25H,5-6,10,17-24H2,1-4H3/b16-14+. The molecular weight excluding hydrogens is 472 g/mol. The van der Waals surface area contributed by atoms with Gasteiger partial charge in [0.15, 0.2) is 0 Å². The van der Waals surface area contributed by atoms with Crippen LogP contribution in [-0.4, -0.2) is 84.6 Å². The molecule has 1 amide bonds. The third kappa shape index (κ3) is 6.86. The molecule has 38 heavy (non-hydrogen) atoms. The van der Waals surface area contributed by atoms with Crippen LogP contribution in [0.2, 0.25) is 0 Å². The molecule has 0 spiro atoms. The Balaban J connectivity index is 1.41. The van der Waals surface area contributed by atoms with Crippen molar-refractivity contribution in [1.29, 1.82) is 0 Å². The molecular formula is C32H44N4O2. The molecule has 2 aromatic carbocycles. The van der Waals surface area contributed by atoms with E-state index in [0.29, 0.717) is 0 Å². The first-order chi connectivity index (χ1) is 18.5. The predicted octanol–water partition coefficient (Wildman–Crippen LogP) is 5.09. The van der Waals surface area contributed by atoms with Crippen molar-refractivity contribution in [1.82, 2.24) is 19.3 Å². The van der Waals surface area contributed by atoms with Crippen molar-refractivity contribution in [3.63, 3.8) is 0 Å². The summed E-state index contributed by atoms with van der Waals surface area (Å²) < 4.78 is 7.92. The van der Waals surface area contributed by atoms with E-state index in [4.69, 9.17) is 4.74 Å². The number of ether oxygens (including phenoxy) is 1. The number of nitrogens with zero attached hydrogens (tertiary/aromatic N) is 4. The van der Waals surface area contributed by atoms with Gasteiger partial charge in [0.25, 0.3) is 0 Å². The Morgan fingerprint density at radius 2 is 1.74 bits per heavy atom. The minimum Gasteiger partial charge on any atom is -0.497 e. The number of aryl methyl sites for hydroxylation is 1. The highest BCUT2D eigenvalue weighted by atomic mass is 16.5. The van der Waals surface area contributed by atoms with Crippen LogP contribution in [0.25, 0.3) is 17.0 Å². The Morgan fingerprint density at radius 3 is 2.42 bits per heavy atom. The number of amides is 1. The SMILES string of the molecule is CCN(CC)CCCn1c(C)c(/C=C/C(=O)N2CCN(CCc3ccccc3)CC2)c2cc(OC)ccc21. The zero-order valence-electron chi connectivity index (χ0n) is 23.7. The molecule has 1 fully saturated rings. The van der Waals surface area contributed by atoms with E-state index in [2.05, 4.69) is 77.6 Å². The van der Waals surface area contributed by atoms with Crippen molar-refractivity contribution in [2.75, 3.05) is 59.5 Å². The first kappa shape index (κ1) is 27.9. The Morgan fingerprint density at radius 1 is 1.00 bits per heavy atom. The predicted molar refractivity (Wildman–Crippen MR) is 158 cm³/mol. The number of hydrogen-bond acceptors (Lipinski definition) is 4. The second-order valence-electron chi connectivity index (χ2n) is 10.2. The molecule has 6 nitrogen and oxygen atoms in total. The fraction of sp³-hybridized carbons (Fsp3) is 0.469. The van der Waals surface area contributed by atoms with Gasteiger partial charge < -0.3 is 19.1 Å². The summed E-state index contributed by atoms with van der Waals surface area (Å²) in [6.45, 7) is 15.2. The van der Waals surface area contributed by atoms with Crippen LogP contribution in [0.15, 0.2) is 54.6 Å². The highest BCUT2D eigenvalue weighted by molar-refractivity contribution is 5.98. The maximum absolute atomic E-state index is 13.1. The number of aromatic nitrogens is 1. The molecule has 0 bridgehead atoms. The summed E-state index contributed by atoms with van der Waals surface area (Å²) in [7, 11) is 1.70. The van der Waals surface area contributed by atoms with Crippen LogP contribution in [0.5, 0.6) is 5.75 Å². The van der Waals surface area contributed by atoms with Gasteiger partial charge in [0.2, 0.25) is 5.91 Å². The number of rotatable bonds is 12. The lowest BCUT2D eigenvalue weighted by molar-refractivity contribution is -0.127. The second-order valence-corrected chi connectivity index (χ2v) is 10.2. The lowest BCUT2D eigenvalue weighted by Gasteiger charge is -2.34. The number of hydrogen-bond donors (Lipinski definition) is 0. The number of methoxy groups -OCH3 is 1. The van der Waals surface area contributed by atoms with Crippen molar-refractivity contribution in [2.24, 2.45) is 0 Å². The Labute approximate surface area is 228 Å². The lowest BCUT2D eigenvalue weighted by atomic mass is 10.1. The van der Waals surface area contributed by atoms with Crippen molar-refractivity contribution in [3.8, 4) is 5.75 Å². The molecule has 0 saturated carbocycles.